The second kappa shape index (κ2) is 10.00. The summed E-state index contributed by atoms with van der Waals surface area (Å²) in [5, 5.41) is 6.74. The lowest BCUT2D eigenvalue weighted by molar-refractivity contribution is -0.125. The molecular weight excluding hydrogens is 420 g/mol. The number of nitrogens with zero attached hydrogens (tertiary/aromatic N) is 2. The number of amides is 1. The minimum atomic E-state index is -0.405. The van der Waals surface area contributed by atoms with Crippen molar-refractivity contribution in [2.75, 3.05) is 37.7 Å². The highest BCUT2D eigenvalue weighted by atomic mass is 16.2. The van der Waals surface area contributed by atoms with Crippen LogP contribution in [0.5, 0.6) is 0 Å². The zero-order valence-electron chi connectivity index (χ0n) is 20.0. The van der Waals surface area contributed by atoms with Crippen LogP contribution in [0.2, 0.25) is 0 Å². The number of anilines is 1. The highest BCUT2D eigenvalue weighted by Crippen LogP contribution is 2.36. The first-order valence-electron chi connectivity index (χ1n) is 12.3. The van der Waals surface area contributed by atoms with Crippen molar-refractivity contribution >= 4 is 11.6 Å². The van der Waals surface area contributed by atoms with E-state index < -0.39 is 5.54 Å². The molecule has 2 N–H and O–H groups in total. The fourth-order valence-electron chi connectivity index (χ4n) is 5.33. The molecule has 2 fully saturated rings. The van der Waals surface area contributed by atoms with Gasteiger partial charge in [-0.05, 0) is 48.6 Å². The lowest BCUT2D eigenvalue weighted by atomic mass is 9.85. The third-order valence-electron chi connectivity index (χ3n) is 7.39. The van der Waals surface area contributed by atoms with Gasteiger partial charge in [0.25, 0.3) is 0 Å². The zero-order valence-corrected chi connectivity index (χ0v) is 20.0. The summed E-state index contributed by atoms with van der Waals surface area (Å²) in [6.07, 6.45) is 1.73. The Labute approximate surface area is 202 Å². The summed E-state index contributed by atoms with van der Waals surface area (Å²) in [5.41, 5.74) is 5.89. The summed E-state index contributed by atoms with van der Waals surface area (Å²) < 4.78 is 0. The predicted octanol–water partition coefficient (Wildman–Crippen LogP) is 4.18. The summed E-state index contributed by atoms with van der Waals surface area (Å²) in [7, 11) is 0. The van der Waals surface area contributed by atoms with Crippen molar-refractivity contribution in [3.05, 3.63) is 90.0 Å². The van der Waals surface area contributed by atoms with Gasteiger partial charge in [0, 0.05) is 38.4 Å². The standard InChI is InChI=1S/C29H34N4O/c1-23-11-13-24(14-12-23)27-10-6-5-7-25(27)21-30-17-20-32-18-15-29(16-19-32)28(34)31-22-33(29)26-8-3-2-4-9-26/h2-14,30H,15-22H2,1H3,(H,31,34). The summed E-state index contributed by atoms with van der Waals surface area (Å²) in [6, 6.07) is 27.7. The number of aryl methyl sites for hydroxylation is 1. The number of likely N-dealkylation sites (tertiary alicyclic amines) is 1. The minimum Gasteiger partial charge on any atom is -0.339 e. The zero-order chi connectivity index (χ0) is 23.4. The van der Waals surface area contributed by atoms with E-state index in [1.807, 2.05) is 18.2 Å². The van der Waals surface area contributed by atoms with Crippen LogP contribution in [0.4, 0.5) is 5.69 Å². The van der Waals surface area contributed by atoms with E-state index in [9.17, 15) is 4.79 Å². The van der Waals surface area contributed by atoms with Gasteiger partial charge in [-0.15, -0.1) is 0 Å². The second-order valence-corrected chi connectivity index (χ2v) is 9.50. The number of hydrogen-bond acceptors (Lipinski definition) is 4. The highest BCUT2D eigenvalue weighted by Gasteiger charge is 2.50. The molecule has 2 saturated heterocycles. The van der Waals surface area contributed by atoms with Gasteiger partial charge >= 0.3 is 0 Å². The van der Waals surface area contributed by atoms with Gasteiger partial charge in [0.05, 0.1) is 6.67 Å². The van der Waals surface area contributed by atoms with E-state index in [1.165, 1.54) is 22.3 Å². The molecule has 5 rings (SSSR count). The molecule has 0 unspecified atom stereocenters. The number of carbonyl (C=O) groups is 1. The van der Waals surface area contributed by atoms with E-state index in [-0.39, 0.29) is 5.91 Å². The molecule has 2 aliphatic heterocycles. The fraction of sp³-hybridized carbons (Fsp3) is 0.345. The third kappa shape index (κ3) is 4.59. The van der Waals surface area contributed by atoms with E-state index >= 15 is 0 Å². The molecule has 0 aliphatic carbocycles. The number of piperidine rings is 1. The van der Waals surface area contributed by atoms with Crippen molar-refractivity contribution in [3.63, 3.8) is 0 Å². The van der Waals surface area contributed by atoms with Crippen molar-refractivity contribution < 1.29 is 4.79 Å². The maximum atomic E-state index is 12.8. The molecule has 0 radical (unpaired) electrons. The largest absolute Gasteiger partial charge is 0.339 e. The average molecular weight is 455 g/mol. The number of rotatable bonds is 7. The van der Waals surface area contributed by atoms with Crippen molar-refractivity contribution in [2.45, 2.75) is 31.8 Å². The van der Waals surface area contributed by atoms with Crippen molar-refractivity contribution in [2.24, 2.45) is 0 Å². The Morgan fingerprint density at radius 2 is 1.62 bits per heavy atom. The molecule has 5 heteroatoms. The Balaban J connectivity index is 1.14. The number of nitrogens with one attached hydrogen (secondary N) is 2. The van der Waals surface area contributed by atoms with Crippen LogP contribution in [0.15, 0.2) is 78.9 Å². The first-order valence-corrected chi connectivity index (χ1v) is 12.3. The van der Waals surface area contributed by atoms with E-state index in [1.54, 1.807) is 0 Å². The smallest absolute Gasteiger partial charge is 0.247 e. The Morgan fingerprint density at radius 3 is 2.38 bits per heavy atom. The molecule has 5 nitrogen and oxygen atoms in total. The number of carbonyl (C=O) groups excluding carboxylic acids is 1. The lowest BCUT2D eigenvalue weighted by Gasteiger charge is -2.43. The van der Waals surface area contributed by atoms with Crippen LogP contribution in [0, 0.1) is 6.92 Å². The first-order chi connectivity index (χ1) is 16.7. The van der Waals surface area contributed by atoms with E-state index in [0.29, 0.717) is 6.67 Å². The van der Waals surface area contributed by atoms with Gasteiger partial charge in [-0.3, -0.25) is 4.79 Å². The maximum absolute atomic E-state index is 12.8. The quantitative estimate of drug-likeness (QED) is 0.526. The fourth-order valence-corrected chi connectivity index (χ4v) is 5.33. The lowest BCUT2D eigenvalue weighted by Crippen LogP contribution is -2.56. The van der Waals surface area contributed by atoms with E-state index in [0.717, 1.165) is 51.3 Å². The number of benzene rings is 3. The van der Waals surface area contributed by atoms with Crippen molar-refractivity contribution in [1.29, 1.82) is 0 Å². The Hall–Kier alpha value is -3.15. The molecule has 34 heavy (non-hydrogen) atoms. The molecule has 0 atom stereocenters. The van der Waals surface area contributed by atoms with Crippen LogP contribution in [0.25, 0.3) is 11.1 Å². The molecule has 3 aromatic rings. The van der Waals surface area contributed by atoms with Crippen LogP contribution in [-0.4, -0.2) is 49.2 Å². The monoisotopic (exact) mass is 454 g/mol. The molecule has 1 spiro atoms. The molecule has 2 heterocycles. The van der Waals surface area contributed by atoms with Gasteiger partial charge in [0.1, 0.15) is 5.54 Å². The van der Waals surface area contributed by atoms with Gasteiger partial charge < -0.3 is 20.4 Å². The third-order valence-corrected chi connectivity index (χ3v) is 7.39. The van der Waals surface area contributed by atoms with Crippen LogP contribution >= 0.6 is 0 Å². The minimum absolute atomic E-state index is 0.182. The van der Waals surface area contributed by atoms with Gasteiger partial charge in [0.15, 0.2) is 0 Å². The molecular formula is C29H34N4O. The van der Waals surface area contributed by atoms with E-state index in [2.05, 4.69) is 88.0 Å². The molecule has 0 aromatic heterocycles. The Bertz CT molecular complexity index is 1100. The summed E-state index contributed by atoms with van der Waals surface area (Å²) in [4.78, 5) is 17.6. The van der Waals surface area contributed by atoms with Crippen LogP contribution in [0.3, 0.4) is 0 Å². The highest BCUT2D eigenvalue weighted by molar-refractivity contribution is 5.93. The van der Waals surface area contributed by atoms with Crippen molar-refractivity contribution in [3.8, 4) is 11.1 Å². The van der Waals surface area contributed by atoms with Gasteiger partial charge in [0.2, 0.25) is 5.91 Å². The Morgan fingerprint density at radius 1 is 0.912 bits per heavy atom. The molecule has 0 saturated carbocycles. The number of hydrogen-bond donors (Lipinski definition) is 2. The van der Waals surface area contributed by atoms with Gasteiger partial charge in [-0.2, -0.15) is 0 Å². The predicted molar refractivity (Wildman–Crippen MR) is 139 cm³/mol. The number of para-hydroxylation sites is 1. The molecule has 1 amide bonds. The SMILES string of the molecule is Cc1ccc(-c2ccccc2CNCCN2CCC3(CC2)C(=O)NCN3c2ccccc2)cc1. The molecule has 176 valence electrons. The van der Waals surface area contributed by atoms with Crippen molar-refractivity contribution in [1.82, 2.24) is 15.5 Å². The van der Waals surface area contributed by atoms with Gasteiger partial charge in [-0.25, -0.2) is 0 Å². The van der Waals surface area contributed by atoms with Crippen LogP contribution in [0.1, 0.15) is 24.0 Å². The molecule has 3 aromatic carbocycles. The van der Waals surface area contributed by atoms with Gasteiger partial charge in [-0.1, -0.05) is 72.3 Å². The summed E-state index contributed by atoms with van der Waals surface area (Å²) >= 11 is 0. The summed E-state index contributed by atoms with van der Waals surface area (Å²) in [6.45, 7) is 7.39. The first kappa shape index (κ1) is 22.6. The van der Waals surface area contributed by atoms with Crippen LogP contribution < -0.4 is 15.5 Å². The second-order valence-electron chi connectivity index (χ2n) is 9.50. The summed E-state index contributed by atoms with van der Waals surface area (Å²) in [5.74, 6) is 0.182. The molecule has 2 aliphatic rings. The van der Waals surface area contributed by atoms with Crippen LogP contribution in [-0.2, 0) is 11.3 Å². The Kier molecular flexibility index (Phi) is 6.66. The topological polar surface area (TPSA) is 47.6 Å². The maximum Gasteiger partial charge on any atom is 0.247 e. The van der Waals surface area contributed by atoms with E-state index in [4.69, 9.17) is 0 Å². The average Bonchev–Trinajstić information content (AvgIpc) is 3.19. The normalized spacial score (nSPS) is 17.8. The molecule has 0 bridgehead atoms.